The molecule has 2 amide bonds. The molecule has 2 saturated carbocycles. The lowest BCUT2D eigenvalue weighted by Gasteiger charge is -2.20. The lowest BCUT2D eigenvalue weighted by atomic mass is 9.88. The summed E-state index contributed by atoms with van der Waals surface area (Å²) in [7, 11) is 3.39. The van der Waals surface area contributed by atoms with Gasteiger partial charge >= 0.3 is 0 Å². The Morgan fingerprint density at radius 2 is 1.91 bits per heavy atom. The number of hydrogen-bond acceptors (Lipinski definition) is 3. The van der Waals surface area contributed by atoms with Crippen LogP contribution in [0.2, 0.25) is 0 Å². The van der Waals surface area contributed by atoms with Gasteiger partial charge in [-0.1, -0.05) is 6.42 Å². The van der Waals surface area contributed by atoms with Crippen molar-refractivity contribution in [2.24, 2.45) is 17.8 Å². The van der Waals surface area contributed by atoms with E-state index in [1.807, 2.05) is 12.1 Å². The lowest BCUT2D eigenvalue weighted by molar-refractivity contribution is -0.130. The summed E-state index contributed by atoms with van der Waals surface area (Å²) in [6.07, 6.45) is 4.77. The van der Waals surface area contributed by atoms with Gasteiger partial charge in [0.2, 0.25) is 5.91 Å². The number of benzene rings is 1. The lowest BCUT2D eigenvalue weighted by Crippen LogP contribution is -2.27. The van der Waals surface area contributed by atoms with Gasteiger partial charge in [-0.05, 0) is 55.4 Å². The van der Waals surface area contributed by atoms with E-state index >= 15 is 0 Å². The minimum absolute atomic E-state index is 0.0177. The van der Waals surface area contributed by atoms with Crippen LogP contribution in [-0.4, -0.2) is 37.4 Å². The second-order valence-corrected chi connectivity index (χ2v) is 6.87. The van der Waals surface area contributed by atoms with Crippen molar-refractivity contribution in [3.05, 3.63) is 24.3 Å². The van der Waals surface area contributed by atoms with Crippen molar-refractivity contribution in [2.75, 3.05) is 26.0 Å². The molecule has 0 spiro atoms. The van der Waals surface area contributed by atoms with E-state index in [-0.39, 0.29) is 24.3 Å². The molecular weight excluding hydrogens is 292 g/mol. The second kappa shape index (κ2) is 6.60. The average molecular weight is 316 g/mol. The number of amides is 2. The van der Waals surface area contributed by atoms with Crippen molar-refractivity contribution in [3.8, 4) is 5.75 Å². The van der Waals surface area contributed by atoms with Crippen LogP contribution in [0.3, 0.4) is 0 Å². The first-order chi connectivity index (χ1) is 11.0. The van der Waals surface area contributed by atoms with E-state index in [4.69, 9.17) is 4.74 Å². The molecule has 0 aliphatic heterocycles. The van der Waals surface area contributed by atoms with Crippen LogP contribution in [-0.2, 0) is 9.59 Å². The van der Waals surface area contributed by atoms with Crippen LogP contribution >= 0.6 is 0 Å². The molecule has 2 bridgehead atoms. The zero-order valence-corrected chi connectivity index (χ0v) is 13.7. The Morgan fingerprint density at radius 3 is 2.48 bits per heavy atom. The number of hydrogen-bond donors (Lipinski definition) is 1. The predicted octanol–water partition coefficient (Wildman–Crippen LogP) is 2.53. The van der Waals surface area contributed by atoms with Crippen LogP contribution < -0.4 is 10.1 Å². The second-order valence-electron chi connectivity index (χ2n) is 6.87. The third kappa shape index (κ3) is 3.66. The van der Waals surface area contributed by atoms with E-state index in [9.17, 15) is 9.59 Å². The number of likely N-dealkylation sites (N-methyl/N-ethyl adjacent to an activating group) is 1. The molecule has 1 aromatic carbocycles. The molecule has 3 rings (SSSR count). The summed E-state index contributed by atoms with van der Waals surface area (Å²) in [4.78, 5) is 25.4. The highest BCUT2D eigenvalue weighted by molar-refractivity contribution is 5.93. The number of rotatable bonds is 5. The van der Waals surface area contributed by atoms with Gasteiger partial charge in [0.1, 0.15) is 5.75 Å². The smallest absolute Gasteiger partial charge is 0.259 e. The number of fused-ring (bicyclic) bond motifs is 2. The maximum Gasteiger partial charge on any atom is 0.259 e. The molecule has 5 heteroatoms. The third-order valence-electron chi connectivity index (χ3n) is 5.06. The maximum atomic E-state index is 12.4. The number of ether oxygens (including phenoxy) is 1. The fourth-order valence-electron chi connectivity index (χ4n) is 3.71. The molecule has 0 saturated heterocycles. The van der Waals surface area contributed by atoms with E-state index in [1.165, 1.54) is 24.2 Å². The average Bonchev–Trinajstić information content (AvgIpc) is 3.16. The highest BCUT2D eigenvalue weighted by Gasteiger charge is 2.42. The van der Waals surface area contributed by atoms with Crippen molar-refractivity contribution in [1.29, 1.82) is 0 Å². The zero-order valence-electron chi connectivity index (χ0n) is 13.7. The Balaban J connectivity index is 1.51. The van der Waals surface area contributed by atoms with Crippen molar-refractivity contribution in [3.63, 3.8) is 0 Å². The Labute approximate surface area is 137 Å². The molecule has 2 fully saturated rings. The molecule has 2 aliphatic rings. The van der Waals surface area contributed by atoms with Crippen LogP contribution in [0.1, 0.15) is 25.7 Å². The Bertz CT molecular complexity index is 582. The van der Waals surface area contributed by atoms with Gasteiger partial charge in [-0.15, -0.1) is 0 Å². The molecule has 1 aromatic rings. The SMILES string of the molecule is CN(C)C(=O)COc1ccc(NC(=O)C2CC3CCC2C3)cc1. The van der Waals surface area contributed by atoms with E-state index < -0.39 is 0 Å². The fraction of sp³-hybridized carbons (Fsp3) is 0.556. The van der Waals surface area contributed by atoms with Crippen LogP contribution in [0.25, 0.3) is 0 Å². The number of anilines is 1. The maximum absolute atomic E-state index is 12.4. The summed E-state index contributed by atoms with van der Waals surface area (Å²) in [5.41, 5.74) is 0.782. The van der Waals surface area contributed by atoms with Crippen molar-refractivity contribution < 1.29 is 14.3 Å². The van der Waals surface area contributed by atoms with Gasteiger partial charge < -0.3 is 15.0 Å². The number of nitrogens with one attached hydrogen (secondary N) is 1. The highest BCUT2D eigenvalue weighted by atomic mass is 16.5. The summed E-state index contributed by atoms with van der Waals surface area (Å²) in [6, 6.07) is 7.19. The summed E-state index contributed by atoms with van der Waals surface area (Å²) >= 11 is 0. The minimum Gasteiger partial charge on any atom is -0.484 e. The Kier molecular flexibility index (Phi) is 4.55. The number of carbonyl (C=O) groups is 2. The Hall–Kier alpha value is -2.04. The predicted molar refractivity (Wildman–Crippen MR) is 88.2 cm³/mol. The highest BCUT2D eigenvalue weighted by Crippen LogP contribution is 2.48. The topological polar surface area (TPSA) is 58.6 Å². The van der Waals surface area contributed by atoms with Gasteiger partial charge in [-0.2, -0.15) is 0 Å². The van der Waals surface area contributed by atoms with E-state index in [1.54, 1.807) is 26.2 Å². The number of nitrogens with zero attached hydrogens (tertiary/aromatic N) is 1. The third-order valence-corrected chi connectivity index (χ3v) is 5.06. The van der Waals surface area contributed by atoms with Crippen molar-refractivity contribution >= 4 is 17.5 Å². The van der Waals surface area contributed by atoms with Gasteiger partial charge in [-0.3, -0.25) is 9.59 Å². The number of carbonyl (C=O) groups excluding carboxylic acids is 2. The van der Waals surface area contributed by atoms with Gasteiger partial charge in [-0.25, -0.2) is 0 Å². The first kappa shape index (κ1) is 15.8. The standard InChI is InChI=1S/C18H24N2O3/c1-20(2)17(21)11-23-15-7-5-14(6-8-15)19-18(22)16-10-12-3-4-13(16)9-12/h5-8,12-13,16H,3-4,9-11H2,1-2H3,(H,19,22). The first-order valence-corrected chi connectivity index (χ1v) is 8.27. The van der Waals surface area contributed by atoms with Gasteiger partial charge in [0.25, 0.3) is 5.91 Å². The van der Waals surface area contributed by atoms with Crippen LogP contribution in [0.15, 0.2) is 24.3 Å². The molecule has 0 aromatic heterocycles. The van der Waals surface area contributed by atoms with E-state index in [0.717, 1.165) is 18.0 Å². The first-order valence-electron chi connectivity index (χ1n) is 8.27. The van der Waals surface area contributed by atoms with Gasteiger partial charge in [0, 0.05) is 25.7 Å². The summed E-state index contributed by atoms with van der Waals surface area (Å²) in [6.45, 7) is 0.0177. The minimum atomic E-state index is -0.0846. The van der Waals surface area contributed by atoms with E-state index in [0.29, 0.717) is 11.7 Å². The summed E-state index contributed by atoms with van der Waals surface area (Å²) < 4.78 is 5.43. The monoisotopic (exact) mass is 316 g/mol. The molecular formula is C18H24N2O3. The van der Waals surface area contributed by atoms with E-state index in [2.05, 4.69) is 5.32 Å². The van der Waals surface area contributed by atoms with Crippen LogP contribution in [0, 0.1) is 17.8 Å². The largest absolute Gasteiger partial charge is 0.484 e. The quantitative estimate of drug-likeness (QED) is 0.908. The van der Waals surface area contributed by atoms with Gasteiger partial charge in [0.15, 0.2) is 6.61 Å². The van der Waals surface area contributed by atoms with Crippen LogP contribution in [0.4, 0.5) is 5.69 Å². The zero-order chi connectivity index (χ0) is 16.4. The normalized spacial score (nSPS) is 25.2. The molecule has 0 radical (unpaired) electrons. The fourth-order valence-corrected chi connectivity index (χ4v) is 3.71. The molecule has 0 heterocycles. The molecule has 1 N–H and O–H groups in total. The van der Waals surface area contributed by atoms with Crippen LogP contribution in [0.5, 0.6) is 5.75 Å². The Morgan fingerprint density at radius 1 is 1.17 bits per heavy atom. The molecule has 3 atom stereocenters. The summed E-state index contributed by atoms with van der Waals surface area (Å²) in [5, 5.41) is 3.01. The molecule has 3 unspecified atom stereocenters. The molecule has 23 heavy (non-hydrogen) atoms. The molecule has 5 nitrogen and oxygen atoms in total. The van der Waals surface area contributed by atoms with Crippen molar-refractivity contribution in [1.82, 2.24) is 4.90 Å². The molecule has 124 valence electrons. The molecule has 2 aliphatic carbocycles. The summed E-state index contributed by atoms with van der Waals surface area (Å²) in [5.74, 6) is 2.22. The van der Waals surface area contributed by atoms with Gasteiger partial charge in [0.05, 0.1) is 0 Å². The van der Waals surface area contributed by atoms with Crippen molar-refractivity contribution in [2.45, 2.75) is 25.7 Å².